The van der Waals surface area contributed by atoms with Crippen LogP contribution in [0.4, 0.5) is 10.9 Å². The van der Waals surface area contributed by atoms with Crippen LogP contribution in [-0.2, 0) is 4.79 Å². The molecule has 0 aliphatic carbocycles. The SMILES string of the molecule is CC[C@H](Sc1nnc(N)s1)C(=O)Nc1cc(C)on1. The monoisotopic (exact) mass is 299 g/mol. The molecule has 2 aromatic rings. The molecule has 0 spiro atoms. The van der Waals surface area contributed by atoms with Gasteiger partial charge in [-0.2, -0.15) is 0 Å². The van der Waals surface area contributed by atoms with Crippen molar-refractivity contribution in [1.29, 1.82) is 0 Å². The van der Waals surface area contributed by atoms with Crippen molar-refractivity contribution in [2.45, 2.75) is 29.9 Å². The summed E-state index contributed by atoms with van der Waals surface area (Å²) in [7, 11) is 0. The third kappa shape index (κ3) is 3.67. The smallest absolute Gasteiger partial charge is 0.239 e. The van der Waals surface area contributed by atoms with Crippen molar-refractivity contribution in [3.63, 3.8) is 0 Å². The quantitative estimate of drug-likeness (QED) is 0.812. The van der Waals surface area contributed by atoms with Crippen molar-refractivity contribution in [3.8, 4) is 0 Å². The molecule has 1 atom stereocenters. The summed E-state index contributed by atoms with van der Waals surface area (Å²) in [6.07, 6.45) is 0.660. The summed E-state index contributed by atoms with van der Waals surface area (Å²) in [6, 6.07) is 1.66. The Labute approximate surface area is 118 Å². The summed E-state index contributed by atoms with van der Waals surface area (Å²) < 4.78 is 5.57. The minimum Gasteiger partial charge on any atom is -0.374 e. The normalized spacial score (nSPS) is 12.3. The van der Waals surface area contributed by atoms with E-state index in [0.29, 0.717) is 27.5 Å². The van der Waals surface area contributed by atoms with Crippen LogP contribution < -0.4 is 11.1 Å². The van der Waals surface area contributed by atoms with Gasteiger partial charge >= 0.3 is 0 Å². The minimum absolute atomic E-state index is 0.144. The third-order valence-electron chi connectivity index (χ3n) is 2.21. The highest BCUT2D eigenvalue weighted by atomic mass is 32.2. The molecule has 19 heavy (non-hydrogen) atoms. The van der Waals surface area contributed by atoms with Gasteiger partial charge in [0.05, 0.1) is 5.25 Å². The number of amides is 1. The largest absolute Gasteiger partial charge is 0.374 e. The van der Waals surface area contributed by atoms with E-state index in [9.17, 15) is 4.79 Å². The number of thioether (sulfide) groups is 1. The molecule has 1 amide bonds. The van der Waals surface area contributed by atoms with E-state index >= 15 is 0 Å². The van der Waals surface area contributed by atoms with E-state index in [4.69, 9.17) is 10.3 Å². The topological polar surface area (TPSA) is 107 Å². The highest BCUT2D eigenvalue weighted by molar-refractivity contribution is 8.02. The van der Waals surface area contributed by atoms with E-state index in [2.05, 4.69) is 20.7 Å². The van der Waals surface area contributed by atoms with E-state index in [-0.39, 0.29) is 11.2 Å². The number of aromatic nitrogens is 3. The molecule has 2 aromatic heterocycles. The maximum atomic E-state index is 12.1. The highest BCUT2D eigenvalue weighted by Gasteiger charge is 2.21. The van der Waals surface area contributed by atoms with Gasteiger partial charge in [0.25, 0.3) is 0 Å². The van der Waals surface area contributed by atoms with E-state index in [1.807, 2.05) is 6.92 Å². The second kappa shape index (κ2) is 6.02. The van der Waals surface area contributed by atoms with Crippen LogP contribution >= 0.6 is 23.1 Å². The van der Waals surface area contributed by atoms with Crippen LogP contribution in [0.15, 0.2) is 14.9 Å². The Hall–Kier alpha value is -1.61. The van der Waals surface area contributed by atoms with Crippen LogP contribution in [-0.4, -0.2) is 26.5 Å². The van der Waals surface area contributed by atoms with Gasteiger partial charge in [0.1, 0.15) is 5.76 Å². The van der Waals surface area contributed by atoms with E-state index in [1.165, 1.54) is 23.1 Å². The molecule has 2 rings (SSSR count). The fourth-order valence-corrected chi connectivity index (χ4v) is 3.15. The van der Waals surface area contributed by atoms with Crippen molar-refractivity contribution >= 4 is 40.0 Å². The molecule has 0 aliphatic rings. The Bertz CT molecular complexity index is 568. The molecule has 0 aliphatic heterocycles. The van der Waals surface area contributed by atoms with Crippen molar-refractivity contribution < 1.29 is 9.32 Å². The Morgan fingerprint density at radius 3 is 2.95 bits per heavy atom. The van der Waals surface area contributed by atoms with Gasteiger partial charge in [0, 0.05) is 6.07 Å². The molecular formula is C10H13N5O2S2. The average Bonchev–Trinajstić information content (AvgIpc) is 2.95. The predicted octanol–water partition coefficient (Wildman–Crippen LogP) is 1.93. The molecule has 7 nitrogen and oxygen atoms in total. The second-order valence-corrected chi connectivity index (χ2v) is 6.19. The first kappa shape index (κ1) is 13.8. The zero-order valence-electron chi connectivity index (χ0n) is 10.4. The van der Waals surface area contributed by atoms with Gasteiger partial charge in [0.2, 0.25) is 11.0 Å². The van der Waals surface area contributed by atoms with Gasteiger partial charge in [-0.25, -0.2) is 0 Å². The Morgan fingerprint density at radius 2 is 2.42 bits per heavy atom. The highest BCUT2D eigenvalue weighted by Crippen LogP contribution is 2.29. The fraction of sp³-hybridized carbons (Fsp3) is 0.400. The van der Waals surface area contributed by atoms with Crippen molar-refractivity contribution in [2.24, 2.45) is 0 Å². The fourth-order valence-electron chi connectivity index (χ4n) is 1.34. The number of rotatable bonds is 5. The summed E-state index contributed by atoms with van der Waals surface area (Å²) in [4.78, 5) is 12.1. The van der Waals surface area contributed by atoms with Crippen molar-refractivity contribution in [3.05, 3.63) is 11.8 Å². The molecule has 102 valence electrons. The Kier molecular flexibility index (Phi) is 4.38. The number of nitrogens with one attached hydrogen (secondary N) is 1. The van der Waals surface area contributed by atoms with E-state index in [1.54, 1.807) is 13.0 Å². The number of hydrogen-bond acceptors (Lipinski definition) is 8. The second-order valence-electron chi connectivity index (χ2n) is 3.73. The molecule has 9 heteroatoms. The van der Waals surface area contributed by atoms with Crippen LogP contribution in [0, 0.1) is 6.92 Å². The van der Waals surface area contributed by atoms with Gasteiger partial charge in [0.15, 0.2) is 10.2 Å². The number of nitrogens with two attached hydrogens (primary N) is 1. The van der Waals surface area contributed by atoms with Gasteiger partial charge in [-0.3, -0.25) is 4.79 Å². The lowest BCUT2D eigenvalue weighted by atomic mass is 10.3. The zero-order valence-corrected chi connectivity index (χ0v) is 12.0. The van der Waals surface area contributed by atoms with Crippen LogP contribution in [0.2, 0.25) is 0 Å². The molecule has 2 heterocycles. The summed E-state index contributed by atoms with van der Waals surface area (Å²) in [5.74, 6) is 0.917. The molecule has 0 bridgehead atoms. The standard InChI is InChI=1S/C10H13N5O2S2/c1-3-6(18-10-14-13-9(11)19-10)8(16)12-7-4-5(2)17-15-7/h4,6H,3H2,1-2H3,(H2,11,13)(H,12,15,16)/t6-/m0/s1. The first-order valence-electron chi connectivity index (χ1n) is 5.58. The van der Waals surface area contributed by atoms with Gasteiger partial charge in [-0.15, -0.1) is 10.2 Å². The van der Waals surface area contributed by atoms with Gasteiger partial charge < -0.3 is 15.6 Å². The number of nitrogen functional groups attached to an aromatic ring is 1. The number of anilines is 2. The first-order valence-corrected chi connectivity index (χ1v) is 7.28. The lowest BCUT2D eigenvalue weighted by Crippen LogP contribution is -2.24. The Balaban J connectivity index is 1.98. The molecule has 0 radical (unpaired) electrons. The number of carbonyl (C=O) groups is 1. The number of carbonyl (C=O) groups excluding carboxylic acids is 1. The molecule has 0 aromatic carbocycles. The van der Waals surface area contributed by atoms with E-state index in [0.717, 1.165) is 0 Å². The van der Waals surface area contributed by atoms with Crippen LogP contribution in [0.25, 0.3) is 0 Å². The average molecular weight is 299 g/mol. The predicted molar refractivity (Wildman–Crippen MR) is 74.1 cm³/mol. The van der Waals surface area contributed by atoms with Crippen LogP contribution in [0.5, 0.6) is 0 Å². The molecule has 0 fully saturated rings. The number of nitrogens with zero attached hydrogens (tertiary/aromatic N) is 3. The lowest BCUT2D eigenvalue weighted by molar-refractivity contribution is -0.115. The number of aryl methyl sites for hydroxylation is 1. The number of hydrogen-bond donors (Lipinski definition) is 2. The molecule has 3 N–H and O–H groups in total. The minimum atomic E-state index is -0.274. The maximum absolute atomic E-state index is 12.1. The Morgan fingerprint density at radius 1 is 1.63 bits per heavy atom. The summed E-state index contributed by atoms with van der Waals surface area (Å²) >= 11 is 2.60. The van der Waals surface area contributed by atoms with Crippen LogP contribution in [0.3, 0.4) is 0 Å². The maximum Gasteiger partial charge on any atom is 0.239 e. The van der Waals surface area contributed by atoms with Gasteiger partial charge in [-0.1, -0.05) is 35.2 Å². The van der Waals surface area contributed by atoms with E-state index < -0.39 is 0 Å². The van der Waals surface area contributed by atoms with Crippen molar-refractivity contribution in [1.82, 2.24) is 15.4 Å². The van der Waals surface area contributed by atoms with Crippen LogP contribution in [0.1, 0.15) is 19.1 Å². The first-order chi connectivity index (χ1) is 9.08. The summed E-state index contributed by atoms with van der Waals surface area (Å²) in [5, 5.41) is 14.1. The summed E-state index contributed by atoms with van der Waals surface area (Å²) in [6.45, 7) is 3.69. The lowest BCUT2D eigenvalue weighted by Gasteiger charge is -2.10. The zero-order chi connectivity index (χ0) is 13.8. The molecule has 0 saturated heterocycles. The molecule has 0 unspecified atom stereocenters. The molecular weight excluding hydrogens is 286 g/mol. The van der Waals surface area contributed by atoms with Crippen molar-refractivity contribution in [2.75, 3.05) is 11.1 Å². The molecule has 0 saturated carbocycles. The summed E-state index contributed by atoms with van der Waals surface area (Å²) in [5.41, 5.74) is 5.51. The third-order valence-corrected chi connectivity index (χ3v) is 4.41. The van der Waals surface area contributed by atoms with Gasteiger partial charge in [-0.05, 0) is 13.3 Å².